The first kappa shape index (κ1) is 15.4. The van der Waals surface area contributed by atoms with Gasteiger partial charge in [0.15, 0.2) is 6.20 Å². The highest BCUT2D eigenvalue weighted by molar-refractivity contribution is 5.71. The zero-order chi connectivity index (χ0) is 15.9. The Morgan fingerprint density at radius 3 is 2.95 bits per heavy atom. The molecule has 9 heteroatoms. The molecule has 1 amide bonds. The van der Waals surface area contributed by atoms with E-state index in [9.17, 15) is 9.59 Å². The van der Waals surface area contributed by atoms with Gasteiger partial charge in [0.2, 0.25) is 12.7 Å². The number of amides is 1. The molecule has 0 aromatic carbocycles. The minimum absolute atomic E-state index is 0.335. The molecular weight excluding hydrogens is 292 g/mol. The molecule has 1 fully saturated rings. The fraction of sp³-hybridized carbons (Fsp3) is 0.385. The molecule has 1 aliphatic rings. The van der Waals surface area contributed by atoms with Crippen molar-refractivity contribution in [3.63, 3.8) is 0 Å². The van der Waals surface area contributed by atoms with Gasteiger partial charge in [-0.05, 0) is 0 Å². The Kier molecular flexibility index (Phi) is 4.98. The van der Waals surface area contributed by atoms with Crippen molar-refractivity contribution < 1.29 is 23.5 Å². The first-order valence-corrected chi connectivity index (χ1v) is 6.39. The number of carbonyl (C=O) groups excluding carboxylic acids is 2. The average molecular weight is 306 g/mol. The number of hydrogen-bond donors (Lipinski definition) is 0. The maximum absolute atomic E-state index is 12.0. The number of aromatic nitrogens is 1. The van der Waals surface area contributed by atoms with E-state index < -0.39 is 18.9 Å². The quantitative estimate of drug-likeness (QED) is 0.468. The van der Waals surface area contributed by atoms with Gasteiger partial charge in [-0.2, -0.15) is 0 Å². The Morgan fingerprint density at radius 2 is 2.32 bits per heavy atom. The number of rotatable bonds is 4. The van der Waals surface area contributed by atoms with Crippen molar-refractivity contribution in [3.05, 3.63) is 41.8 Å². The summed E-state index contributed by atoms with van der Waals surface area (Å²) in [6.45, 7) is 8.91. The lowest BCUT2D eigenvalue weighted by molar-refractivity contribution is -0.149. The van der Waals surface area contributed by atoms with E-state index in [1.54, 1.807) is 4.90 Å². The summed E-state index contributed by atoms with van der Waals surface area (Å²) in [5.41, 5.74) is 0. The molecule has 1 aromatic rings. The number of hydrogen-bond acceptors (Lipinski definition) is 7. The summed E-state index contributed by atoms with van der Waals surface area (Å²) >= 11 is 0. The summed E-state index contributed by atoms with van der Waals surface area (Å²) in [5, 5.41) is 0. The molecule has 0 radical (unpaired) electrons. The fourth-order valence-electron chi connectivity index (χ4n) is 1.91. The smallest absolute Gasteiger partial charge is 0.417 e. The highest BCUT2D eigenvalue weighted by Crippen LogP contribution is 2.22. The Hall–Kier alpha value is -3.02. The van der Waals surface area contributed by atoms with Crippen molar-refractivity contribution in [2.75, 3.05) is 19.9 Å². The van der Waals surface area contributed by atoms with E-state index in [4.69, 9.17) is 15.7 Å². The molecule has 22 heavy (non-hydrogen) atoms. The summed E-state index contributed by atoms with van der Waals surface area (Å²) in [7, 11) is 0. The number of esters is 1. The molecule has 1 saturated heterocycles. The number of ether oxygens (including phenoxy) is 2. The van der Waals surface area contributed by atoms with Crippen LogP contribution in [0, 0.1) is 6.57 Å². The number of carbonyl (C=O) groups is 2. The van der Waals surface area contributed by atoms with E-state index in [1.165, 1.54) is 30.5 Å². The minimum Gasteiger partial charge on any atom is -0.447 e. The van der Waals surface area contributed by atoms with Gasteiger partial charge < -0.3 is 18.8 Å². The van der Waals surface area contributed by atoms with Crippen LogP contribution in [0.3, 0.4) is 0 Å². The molecular formula is C13H14N4O5. The molecule has 116 valence electrons. The molecule has 9 nitrogen and oxygen atoms in total. The van der Waals surface area contributed by atoms with Gasteiger partial charge in [-0.3, -0.25) is 9.69 Å². The highest BCUT2D eigenvalue weighted by Gasteiger charge is 2.31. The molecule has 2 rings (SSSR count). The molecule has 0 aliphatic carbocycles. The normalized spacial score (nSPS) is 15.7. The third-order valence-corrected chi connectivity index (χ3v) is 2.85. The molecule has 0 unspecified atom stereocenters. The summed E-state index contributed by atoms with van der Waals surface area (Å²) in [5.74, 6) is 0.323. The second kappa shape index (κ2) is 7.12. The zero-order valence-corrected chi connectivity index (χ0v) is 11.9. The molecule has 0 N–H and O–H groups in total. The predicted octanol–water partition coefficient (Wildman–Crippen LogP) is 1.17. The van der Waals surface area contributed by atoms with Crippen LogP contribution in [0.5, 0.6) is 0 Å². The number of oxazole rings is 1. The molecule has 0 spiro atoms. The van der Waals surface area contributed by atoms with Gasteiger partial charge in [-0.1, -0.05) is 0 Å². The maximum atomic E-state index is 12.0. The lowest BCUT2D eigenvalue weighted by Gasteiger charge is -2.21. The Labute approximate surface area is 126 Å². The van der Waals surface area contributed by atoms with Crippen molar-refractivity contribution in [2.24, 2.45) is 0 Å². The molecule has 2 heterocycles. The summed E-state index contributed by atoms with van der Waals surface area (Å²) < 4.78 is 14.5. The third kappa shape index (κ3) is 3.76. The maximum Gasteiger partial charge on any atom is 0.417 e. The van der Waals surface area contributed by atoms with E-state index in [0.29, 0.717) is 31.3 Å². The van der Waals surface area contributed by atoms with Crippen LogP contribution in [0.15, 0.2) is 28.9 Å². The van der Waals surface area contributed by atoms with Crippen molar-refractivity contribution in [2.45, 2.75) is 13.5 Å². The Morgan fingerprint density at radius 1 is 1.50 bits per heavy atom. The second-order valence-electron chi connectivity index (χ2n) is 4.28. The minimum atomic E-state index is -0.689. The van der Waals surface area contributed by atoms with Crippen LogP contribution in [0.25, 0.3) is 4.85 Å². The summed E-state index contributed by atoms with van der Waals surface area (Å²) in [4.78, 5) is 32.9. The van der Waals surface area contributed by atoms with E-state index >= 15 is 0 Å². The largest absolute Gasteiger partial charge is 0.447 e. The standard InChI is InChI=1S/C13H14N4O5/c1-10(18)21-9-22-13(19)17-5-4-16(12(17)7-14-2)8-11-15-3-6-20-11/h3,6-7H,4-5,8-9H2,1H3/b12-7+. The third-order valence-electron chi connectivity index (χ3n) is 2.85. The van der Waals surface area contributed by atoms with Crippen LogP contribution in [-0.2, 0) is 20.8 Å². The SMILES string of the molecule is [C-]#[N+]/C=C1\N(Cc2ncco2)CCN1C(=O)OCOC(C)=O. The lowest BCUT2D eigenvalue weighted by atomic mass is 10.5. The van der Waals surface area contributed by atoms with Crippen LogP contribution in [0.1, 0.15) is 12.8 Å². The van der Waals surface area contributed by atoms with E-state index in [2.05, 4.69) is 14.6 Å². The van der Waals surface area contributed by atoms with Gasteiger partial charge in [-0.15, -0.1) is 0 Å². The molecule has 0 atom stereocenters. The van der Waals surface area contributed by atoms with Crippen LogP contribution >= 0.6 is 0 Å². The van der Waals surface area contributed by atoms with Crippen LogP contribution in [-0.4, -0.2) is 46.7 Å². The van der Waals surface area contributed by atoms with Gasteiger partial charge in [0.1, 0.15) is 12.1 Å². The molecule has 0 saturated carbocycles. The van der Waals surface area contributed by atoms with Gasteiger partial charge in [0, 0.05) is 20.0 Å². The number of nitrogens with zero attached hydrogens (tertiary/aromatic N) is 4. The van der Waals surface area contributed by atoms with Crippen LogP contribution in [0.4, 0.5) is 4.79 Å². The van der Waals surface area contributed by atoms with E-state index in [1.807, 2.05) is 0 Å². The van der Waals surface area contributed by atoms with Crippen LogP contribution < -0.4 is 0 Å². The monoisotopic (exact) mass is 306 g/mol. The molecule has 1 aliphatic heterocycles. The van der Waals surface area contributed by atoms with Crippen LogP contribution in [0.2, 0.25) is 0 Å². The zero-order valence-electron chi connectivity index (χ0n) is 11.9. The second-order valence-corrected chi connectivity index (χ2v) is 4.28. The summed E-state index contributed by atoms with van der Waals surface area (Å²) in [6, 6.07) is 0. The van der Waals surface area contributed by atoms with Gasteiger partial charge in [0.25, 0.3) is 0 Å². The first-order valence-electron chi connectivity index (χ1n) is 6.39. The van der Waals surface area contributed by atoms with Crippen molar-refractivity contribution >= 4 is 12.1 Å². The van der Waals surface area contributed by atoms with Gasteiger partial charge >= 0.3 is 12.1 Å². The molecule has 1 aromatic heterocycles. The van der Waals surface area contributed by atoms with E-state index in [-0.39, 0.29) is 0 Å². The van der Waals surface area contributed by atoms with Gasteiger partial charge in [0.05, 0.1) is 19.3 Å². The van der Waals surface area contributed by atoms with Crippen molar-refractivity contribution in [3.8, 4) is 0 Å². The highest BCUT2D eigenvalue weighted by atomic mass is 16.7. The van der Waals surface area contributed by atoms with Crippen molar-refractivity contribution in [1.29, 1.82) is 0 Å². The first-order chi connectivity index (χ1) is 10.6. The lowest BCUT2D eigenvalue weighted by Crippen LogP contribution is -2.30. The summed E-state index contributed by atoms with van der Waals surface area (Å²) in [6.07, 6.45) is 3.51. The fourth-order valence-corrected chi connectivity index (χ4v) is 1.91. The predicted molar refractivity (Wildman–Crippen MR) is 71.4 cm³/mol. The average Bonchev–Trinajstić information content (AvgIpc) is 3.10. The van der Waals surface area contributed by atoms with Gasteiger partial charge in [-0.25, -0.2) is 14.6 Å². The topological polar surface area (TPSA) is 89.5 Å². The Balaban J connectivity index is 2.00. The van der Waals surface area contributed by atoms with Crippen molar-refractivity contribution in [1.82, 2.24) is 14.8 Å². The van der Waals surface area contributed by atoms with E-state index in [0.717, 1.165) is 0 Å². The molecule has 0 bridgehead atoms. The Bertz CT molecular complexity index is 604.